The molecule has 2 rings (SSSR count). The Kier molecular flexibility index (Phi) is 7.84. The van der Waals surface area contributed by atoms with Gasteiger partial charge in [0.1, 0.15) is 0 Å². The number of rotatable bonds is 6. The maximum Gasteiger partial charge on any atom is 0.391 e. The van der Waals surface area contributed by atoms with Gasteiger partial charge in [0.25, 0.3) is 0 Å². The lowest BCUT2D eigenvalue weighted by atomic mass is 9.85. The summed E-state index contributed by atoms with van der Waals surface area (Å²) < 4.78 is 38.3. The molecule has 2 aliphatic rings. The molecule has 0 spiro atoms. The highest BCUT2D eigenvalue weighted by atomic mass is 19.4. The Balaban J connectivity index is 1.76. The van der Waals surface area contributed by atoms with E-state index < -0.39 is 12.1 Å². The summed E-state index contributed by atoms with van der Waals surface area (Å²) in [6, 6.07) is 0.771. The minimum Gasteiger partial charge on any atom is -0.357 e. The molecule has 2 fully saturated rings. The molecule has 7 heteroatoms. The van der Waals surface area contributed by atoms with Crippen molar-refractivity contribution in [3.05, 3.63) is 0 Å². The molecule has 0 atom stereocenters. The van der Waals surface area contributed by atoms with Crippen LogP contribution in [-0.4, -0.2) is 55.8 Å². The largest absolute Gasteiger partial charge is 0.391 e. The second-order valence-corrected chi connectivity index (χ2v) is 7.41. The van der Waals surface area contributed by atoms with Gasteiger partial charge < -0.3 is 15.5 Å². The van der Waals surface area contributed by atoms with Crippen LogP contribution in [-0.2, 0) is 0 Å². The van der Waals surface area contributed by atoms with Crippen molar-refractivity contribution in [2.24, 2.45) is 10.9 Å². The van der Waals surface area contributed by atoms with E-state index in [1.807, 2.05) is 6.92 Å². The molecule has 0 aromatic carbocycles. The molecule has 0 radical (unpaired) electrons. The van der Waals surface area contributed by atoms with E-state index in [2.05, 4.69) is 27.6 Å². The highest BCUT2D eigenvalue weighted by Crippen LogP contribution is 2.37. The highest BCUT2D eigenvalue weighted by Gasteiger charge is 2.41. The summed E-state index contributed by atoms with van der Waals surface area (Å²) in [5, 5.41) is 6.54. The molecule has 0 amide bonds. The van der Waals surface area contributed by atoms with Crippen LogP contribution in [0.1, 0.15) is 58.3 Å². The van der Waals surface area contributed by atoms with E-state index >= 15 is 0 Å². The summed E-state index contributed by atoms with van der Waals surface area (Å²) >= 11 is 0. The predicted octanol–water partition coefficient (Wildman–Crippen LogP) is 3.54. The number of hydrogen-bond donors (Lipinski definition) is 2. The van der Waals surface area contributed by atoms with Crippen LogP contribution < -0.4 is 10.6 Å². The Morgan fingerprint density at radius 2 is 1.72 bits per heavy atom. The number of halogens is 3. The normalized spacial score (nSPS) is 26.2. The Hall–Kier alpha value is -0.980. The summed E-state index contributed by atoms with van der Waals surface area (Å²) in [5.74, 6) is -0.400. The summed E-state index contributed by atoms with van der Waals surface area (Å²) in [7, 11) is 2.16. The SMILES string of the molecule is CCNC(=NCCN(C)C1CCCC1)NC1CCC(C(F)(F)F)CC1. The third-order valence-electron chi connectivity index (χ3n) is 5.55. The van der Waals surface area contributed by atoms with Crippen LogP contribution in [0.5, 0.6) is 0 Å². The predicted molar refractivity (Wildman–Crippen MR) is 95.8 cm³/mol. The fraction of sp³-hybridized carbons (Fsp3) is 0.944. The fourth-order valence-electron chi connectivity index (χ4n) is 3.93. The first-order valence-electron chi connectivity index (χ1n) is 9.72. The molecule has 146 valence electrons. The molecule has 0 unspecified atom stereocenters. The van der Waals surface area contributed by atoms with E-state index in [4.69, 9.17) is 0 Å². The average Bonchev–Trinajstić information content (AvgIpc) is 3.09. The van der Waals surface area contributed by atoms with E-state index in [1.54, 1.807) is 0 Å². The third kappa shape index (κ3) is 6.68. The lowest BCUT2D eigenvalue weighted by Gasteiger charge is -2.31. The van der Waals surface area contributed by atoms with Crippen LogP contribution in [0, 0.1) is 5.92 Å². The molecule has 25 heavy (non-hydrogen) atoms. The Labute approximate surface area is 149 Å². The van der Waals surface area contributed by atoms with E-state index in [0.717, 1.165) is 19.0 Å². The second-order valence-electron chi connectivity index (χ2n) is 7.41. The van der Waals surface area contributed by atoms with Gasteiger partial charge in [0.2, 0.25) is 0 Å². The second kappa shape index (κ2) is 9.64. The number of nitrogens with zero attached hydrogens (tertiary/aromatic N) is 2. The van der Waals surface area contributed by atoms with Crippen LogP contribution in [0.25, 0.3) is 0 Å². The number of hydrogen-bond acceptors (Lipinski definition) is 2. The third-order valence-corrected chi connectivity index (χ3v) is 5.55. The van der Waals surface area contributed by atoms with Gasteiger partial charge in [-0.3, -0.25) is 4.99 Å². The van der Waals surface area contributed by atoms with Crippen molar-refractivity contribution < 1.29 is 13.2 Å². The Bertz CT molecular complexity index is 411. The maximum atomic E-state index is 12.8. The summed E-state index contributed by atoms with van der Waals surface area (Å²) in [5.41, 5.74) is 0. The molecule has 0 aliphatic heterocycles. The lowest BCUT2D eigenvalue weighted by molar-refractivity contribution is -0.182. The lowest BCUT2D eigenvalue weighted by Crippen LogP contribution is -2.46. The van der Waals surface area contributed by atoms with Crippen molar-refractivity contribution in [3.63, 3.8) is 0 Å². The number of nitrogens with one attached hydrogen (secondary N) is 2. The molecular formula is C18H33F3N4. The van der Waals surface area contributed by atoms with Crippen LogP contribution in [0.2, 0.25) is 0 Å². The molecule has 0 saturated heterocycles. The summed E-state index contributed by atoms with van der Waals surface area (Å²) in [4.78, 5) is 7.00. The molecule has 0 aromatic heterocycles. The van der Waals surface area contributed by atoms with Crippen molar-refractivity contribution in [2.45, 2.75) is 76.6 Å². The van der Waals surface area contributed by atoms with Gasteiger partial charge >= 0.3 is 6.18 Å². The Morgan fingerprint density at radius 3 is 2.28 bits per heavy atom. The molecule has 4 nitrogen and oxygen atoms in total. The van der Waals surface area contributed by atoms with Gasteiger partial charge in [-0.2, -0.15) is 13.2 Å². The first-order valence-corrected chi connectivity index (χ1v) is 9.72. The smallest absolute Gasteiger partial charge is 0.357 e. The van der Waals surface area contributed by atoms with Gasteiger partial charge in [-0.1, -0.05) is 12.8 Å². The van der Waals surface area contributed by atoms with Crippen LogP contribution >= 0.6 is 0 Å². The van der Waals surface area contributed by atoms with Crippen molar-refractivity contribution in [2.75, 3.05) is 26.7 Å². The van der Waals surface area contributed by atoms with E-state index in [-0.39, 0.29) is 18.9 Å². The molecule has 0 heterocycles. The monoisotopic (exact) mass is 362 g/mol. The topological polar surface area (TPSA) is 39.7 Å². The van der Waals surface area contributed by atoms with Crippen LogP contribution in [0.4, 0.5) is 13.2 Å². The van der Waals surface area contributed by atoms with Crippen molar-refractivity contribution in [1.82, 2.24) is 15.5 Å². The van der Waals surface area contributed by atoms with Gasteiger partial charge in [0.15, 0.2) is 5.96 Å². The maximum absolute atomic E-state index is 12.8. The number of likely N-dealkylation sites (N-methyl/N-ethyl adjacent to an activating group) is 1. The first-order chi connectivity index (χ1) is 11.9. The summed E-state index contributed by atoms with van der Waals surface area (Å²) in [6.45, 7) is 4.38. The van der Waals surface area contributed by atoms with Crippen LogP contribution in [0.3, 0.4) is 0 Å². The quantitative estimate of drug-likeness (QED) is 0.561. The Morgan fingerprint density at radius 1 is 1.08 bits per heavy atom. The zero-order chi connectivity index (χ0) is 18.3. The van der Waals surface area contributed by atoms with E-state index in [9.17, 15) is 13.2 Å². The van der Waals surface area contributed by atoms with Gasteiger partial charge in [-0.15, -0.1) is 0 Å². The number of alkyl halides is 3. The van der Waals surface area contributed by atoms with Gasteiger partial charge in [0.05, 0.1) is 12.5 Å². The minimum absolute atomic E-state index is 0.0870. The first kappa shape index (κ1) is 20.3. The van der Waals surface area contributed by atoms with Crippen molar-refractivity contribution in [1.29, 1.82) is 0 Å². The molecule has 2 saturated carbocycles. The van der Waals surface area contributed by atoms with Gasteiger partial charge in [-0.05, 0) is 52.5 Å². The number of guanidine groups is 1. The van der Waals surface area contributed by atoms with Crippen molar-refractivity contribution in [3.8, 4) is 0 Å². The van der Waals surface area contributed by atoms with Gasteiger partial charge in [0, 0.05) is 25.2 Å². The van der Waals surface area contributed by atoms with E-state index in [0.29, 0.717) is 25.4 Å². The molecule has 0 bridgehead atoms. The highest BCUT2D eigenvalue weighted by molar-refractivity contribution is 5.80. The van der Waals surface area contributed by atoms with Crippen molar-refractivity contribution >= 4 is 5.96 Å². The molecule has 0 aromatic rings. The molecule has 2 N–H and O–H groups in total. The van der Waals surface area contributed by atoms with Crippen LogP contribution in [0.15, 0.2) is 4.99 Å². The zero-order valence-electron chi connectivity index (χ0n) is 15.5. The fourth-order valence-corrected chi connectivity index (χ4v) is 3.93. The number of aliphatic imine (C=N–C) groups is 1. The standard InChI is InChI=1S/C18H33F3N4/c1-3-22-17(23-12-13-25(2)16-6-4-5-7-16)24-15-10-8-14(9-11-15)18(19,20)21/h14-16H,3-13H2,1-2H3,(H2,22,23,24). The van der Waals surface area contributed by atoms with E-state index in [1.165, 1.54) is 25.7 Å². The molecule has 2 aliphatic carbocycles. The minimum atomic E-state index is -4.05. The summed E-state index contributed by atoms with van der Waals surface area (Å²) in [6.07, 6.45) is 2.69. The molecular weight excluding hydrogens is 329 g/mol. The van der Waals surface area contributed by atoms with Gasteiger partial charge in [-0.25, -0.2) is 0 Å². The average molecular weight is 362 g/mol. The zero-order valence-corrected chi connectivity index (χ0v) is 15.5.